The number of thioether (sulfide) groups is 1. The molecule has 0 bridgehead atoms. The standard InChI is InChI=1S/C15H12FNO5S/c1-21-13-7-4-11(17(19)20)8-14(13)22-15(18)9-23-12-5-2-10(16)3-6-12/h2-8H,9H2,1H3. The highest BCUT2D eigenvalue weighted by molar-refractivity contribution is 8.00. The molecule has 8 heteroatoms. The van der Waals surface area contributed by atoms with E-state index in [0.717, 1.165) is 17.8 Å². The lowest BCUT2D eigenvalue weighted by Crippen LogP contribution is -2.11. The second-order valence-corrected chi connectivity index (χ2v) is 5.36. The third-order valence-electron chi connectivity index (χ3n) is 2.75. The lowest BCUT2D eigenvalue weighted by Gasteiger charge is -2.08. The Morgan fingerprint density at radius 2 is 1.91 bits per heavy atom. The third-order valence-corrected chi connectivity index (χ3v) is 3.74. The minimum Gasteiger partial charge on any atom is -0.493 e. The molecule has 0 atom stereocenters. The van der Waals surface area contributed by atoms with E-state index < -0.39 is 10.9 Å². The molecule has 0 amide bonds. The van der Waals surface area contributed by atoms with Crippen LogP contribution in [0.2, 0.25) is 0 Å². The molecular formula is C15H12FNO5S. The molecule has 23 heavy (non-hydrogen) atoms. The van der Waals surface area contributed by atoms with Gasteiger partial charge >= 0.3 is 5.97 Å². The van der Waals surface area contributed by atoms with Gasteiger partial charge in [-0.05, 0) is 30.3 Å². The Hall–Kier alpha value is -2.61. The number of halogens is 1. The summed E-state index contributed by atoms with van der Waals surface area (Å²) in [7, 11) is 1.37. The van der Waals surface area contributed by atoms with Crippen LogP contribution >= 0.6 is 11.8 Å². The van der Waals surface area contributed by atoms with Crippen molar-refractivity contribution in [2.24, 2.45) is 0 Å². The Morgan fingerprint density at radius 1 is 1.22 bits per heavy atom. The molecule has 0 saturated heterocycles. The molecule has 0 aromatic heterocycles. The lowest BCUT2D eigenvalue weighted by molar-refractivity contribution is -0.384. The number of nitrogens with zero attached hydrogens (tertiary/aromatic N) is 1. The highest BCUT2D eigenvalue weighted by atomic mass is 32.2. The number of benzene rings is 2. The number of carbonyl (C=O) groups excluding carboxylic acids is 1. The number of non-ortho nitro benzene ring substituents is 1. The summed E-state index contributed by atoms with van der Waals surface area (Å²) in [6.45, 7) is 0. The van der Waals surface area contributed by atoms with Gasteiger partial charge in [-0.2, -0.15) is 0 Å². The van der Waals surface area contributed by atoms with Gasteiger partial charge in [0, 0.05) is 11.0 Å². The van der Waals surface area contributed by atoms with Crippen LogP contribution < -0.4 is 9.47 Å². The molecule has 0 spiro atoms. The normalized spacial score (nSPS) is 10.2. The molecule has 0 aliphatic rings. The topological polar surface area (TPSA) is 78.7 Å². The van der Waals surface area contributed by atoms with Gasteiger partial charge < -0.3 is 9.47 Å². The Morgan fingerprint density at radius 3 is 2.52 bits per heavy atom. The third kappa shape index (κ3) is 4.68. The van der Waals surface area contributed by atoms with Crippen LogP contribution in [0.15, 0.2) is 47.4 Å². The molecule has 2 aromatic rings. The zero-order chi connectivity index (χ0) is 16.8. The first kappa shape index (κ1) is 16.8. The smallest absolute Gasteiger partial charge is 0.321 e. The fraction of sp³-hybridized carbons (Fsp3) is 0.133. The second-order valence-electron chi connectivity index (χ2n) is 4.31. The van der Waals surface area contributed by atoms with Crippen LogP contribution in [0.3, 0.4) is 0 Å². The minimum absolute atomic E-state index is 0.0218. The monoisotopic (exact) mass is 337 g/mol. The van der Waals surface area contributed by atoms with Crippen LogP contribution in [-0.4, -0.2) is 23.8 Å². The largest absolute Gasteiger partial charge is 0.493 e. The summed E-state index contributed by atoms with van der Waals surface area (Å²) in [5.41, 5.74) is -0.209. The number of hydrogen-bond donors (Lipinski definition) is 0. The van der Waals surface area contributed by atoms with Crippen molar-refractivity contribution in [1.82, 2.24) is 0 Å². The molecule has 0 fully saturated rings. The van der Waals surface area contributed by atoms with Crippen molar-refractivity contribution in [2.75, 3.05) is 12.9 Å². The molecule has 0 aliphatic heterocycles. The number of methoxy groups -OCH3 is 1. The zero-order valence-electron chi connectivity index (χ0n) is 12.0. The van der Waals surface area contributed by atoms with E-state index in [1.165, 1.54) is 31.4 Å². The average Bonchev–Trinajstić information content (AvgIpc) is 2.54. The molecule has 2 rings (SSSR count). The van der Waals surface area contributed by atoms with Gasteiger partial charge in [0.05, 0.1) is 23.9 Å². The summed E-state index contributed by atoms with van der Waals surface area (Å²) in [6, 6.07) is 9.40. The van der Waals surface area contributed by atoms with E-state index in [2.05, 4.69) is 0 Å². The molecule has 0 heterocycles. The van der Waals surface area contributed by atoms with E-state index in [9.17, 15) is 19.3 Å². The number of carbonyl (C=O) groups is 1. The van der Waals surface area contributed by atoms with Gasteiger partial charge in [-0.15, -0.1) is 11.8 Å². The molecule has 0 radical (unpaired) electrons. The predicted molar refractivity (Wildman–Crippen MR) is 82.4 cm³/mol. The average molecular weight is 337 g/mol. The van der Waals surface area contributed by atoms with Gasteiger partial charge in [-0.1, -0.05) is 0 Å². The van der Waals surface area contributed by atoms with E-state index in [0.29, 0.717) is 4.90 Å². The van der Waals surface area contributed by atoms with Crippen LogP contribution in [0.4, 0.5) is 10.1 Å². The maximum atomic E-state index is 12.8. The molecular weight excluding hydrogens is 325 g/mol. The van der Waals surface area contributed by atoms with E-state index in [1.54, 1.807) is 12.1 Å². The minimum atomic E-state index is -0.599. The summed E-state index contributed by atoms with van der Waals surface area (Å²) in [5, 5.41) is 10.8. The van der Waals surface area contributed by atoms with Gasteiger partial charge in [-0.25, -0.2) is 4.39 Å². The summed E-state index contributed by atoms with van der Waals surface area (Å²) < 4.78 is 22.9. The highest BCUT2D eigenvalue weighted by Gasteiger charge is 2.15. The summed E-state index contributed by atoms with van der Waals surface area (Å²) in [4.78, 5) is 22.7. The van der Waals surface area contributed by atoms with Crippen molar-refractivity contribution >= 4 is 23.4 Å². The first-order chi connectivity index (χ1) is 11.0. The van der Waals surface area contributed by atoms with Crippen molar-refractivity contribution in [3.05, 3.63) is 58.4 Å². The number of hydrogen-bond acceptors (Lipinski definition) is 6. The van der Waals surface area contributed by atoms with Crippen LogP contribution in [0, 0.1) is 15.9 Å². The van der Waals surface area contributed by atoms with Gasteiger partial charge in [0.25, 0.3) is 5.69 Å². The molecule has 6 nitrogen and oxygen atoms in total. The van der Waals surface area contributed by atoms with Crippen molar-refractivity contribution in [3.8, 4) is 11.5 Å². The van der Waals surface area contributed by atoms with Gasteiger partial charge in [0.15, 0.2) is 11.5 Å². The Labute approximate surface area is 135 Å². The quantitative estimate of drug-likeness (QED) is 0.264. The SMILES string of the molecule is COc1ccc([N+](=O)[O-])cc1OC(=O)CSc1ccc(F)cc1. The van der Waals surface area contributed by atoms with Crippen molar-refractivity contribution in [2.45, 2.75) is 4.90 Å². The van der Waals surface area contributed by atoms with Gasteiger partial charge in [0.2, 0.25) is 0 Å². The van der Waals surface area contributed by atoms with E-state index in [4.69, 9.17) is 9.47 Å². The van der Waals surface area contributed by atoms with Crippen LogP contribution in [-0.2, 0) is 4.79 Å². The molecule has 120 valence electrons. The number of ether oxygens (including phenoxy) is 2. The number of rotatable bonds is 6. The number of esters is 1. The molecule has 0 aliphatic carbocycles. The summed E-state index contributed by atoms with van der Waals surface area (Å²) >= 11 is 1.16. The predicted octanol–water partition coefficient (Wildman–Crippen LogP) is 3.44. The fourth-order valence-electron chi connectivity index (χ4n) is 1.68. The molecule has 0 unspecified atom stereocenters. The second kappa shape index (κ2) is 7.59. The van der Waals surface area contributed by atoms with Gasteiger partial charge in [0.1, 0.15) is 5.82 Å². The first-order valence-corrected chi connectivity index (χ1v) is 7.39. The van der Waals surface area contributed by atoms with E-state index >= 15 is 0 Å². The fourth-order valence-corrected chi connectivity index (χ4v) is 2.36. The van der Waals surface area contributed by atoms with E-state index in [1.807, 2.05) is 0 Å². The van der Waals surface area contributed by atoms with Crippen LogP contribution in [0.5, 0.6) is 11.5 Å². The Balaban J connectivity index is 2.02. The zero-order valence-corrected chi connectivity index (χ0v) is 12.8. The maximum absolute atomic E-state index is 12.8. The number of nitro groups is 1. The summed E-state index contributed by atoms with van der Waals surface area (Å²) in [5.74, 6) is -0.796. The summed E-state index contributed by atoms with van der Waals surface area (Å²) in [6.07, 6.45) is 0. The van der Waals surface area contributed by atoms with Crippen LogP contribution in [0.1, 0.15) is 0 Å². The first-order valence-electron chi connectivity index (χ1n) is 6.41. The van der Waals surface area contributed by atoms with Crippen molar-refractivity contribution < 1.29 is 23.6 Å². The highest BCUT2D eigenvalue weighted by Crippen LogP contribution is 2.31. The maximum Gasteiger partial charge on any atom is 0.321 e. The lowest BCUT2D eigenvalue weighted by atomic mass is 10.3. The van der Waals surface area contributed by atoms with Crippen molar-refractivity contribution in [1.29, 1.82) is 0 Å². The van der Waals surface area contributed by atoms with Crippen molar-refractivity contribution in [3.63, 3.8) is 0 Å². The number of nitro benzene ring substituents is 1. The van der Waals surface area contributed by atoms with E-state index in [-0.39, 0.29) is 28.8 Å². The Kier molecular flexibility index (Phi) is 5.53. The molecule has 2 aromatic carbocycles. The Bertz CT molecular complexity index is 720. The van der Waals surface area contributed by atoms with Gasteiger partial charge in [-0.3, -0.25) is 14.9 Å². The van der Waals surface area contributed by atoms with Crippen LogP contribution in [0.25, 0.3) is 0 Å². The molecule has 0 saturated carbocycles. The molecule has 0 N–H and O–H groups in total.